The van der Waals surface area contributed by atoms with Gasteiger partial charge in [0.05, 0.1) is 6.20 Å². The van der Waals surface area contributed by atoms with E-state index in [9.17, 15) is 0 Å². The van der Waals surface area contributed by atoms with Gasteiger partial charge in [0, 0.05) is 16.2 Å². The summed E-state index contributed by atoms with van der Waals surface area (Å²) in [7, 11) is 0. The number of anilines is 3. The molecule has 2 N–H and O–H groups in total. The molecule has 1 aliphatic rings. The lowest BCUT2D eigenvalue weighted by atomic mass is 10.1. The third-order valence-electron chi connectivity index (χ3n) is 4.18. The monoisotopic (exact) mass is 375 g/mol. The Morgan fingerprint density at radius 1 is 1.13 bits per heavy atom. The fourth-order valence-corrected chi connectivity index (χ4v) is 3.15. The highest BCUT2D eigenvalue weighted by molar-refractivity contribution is 9.10. The molecule has 1 aromatic heterocycles. The second-order valence-electron chi connectivity index (χ2n) is 6.09. The van der Waals surface area contributed by atoms with Crippen molar-refractivity contribution in [1.29, 1.82) is 0 Å². The van der Waals surface area contributed by atoms with E-state index in [2.05, 4.69) is 54.7 Å². The van der Waals surface area contributed by atoms with Crippen molar-refractivity contribution in [3.63, 3.8) is 0 Å². The summed E-state index contributed by atoms with van der Waals surface area (Å²) in [6.45, 7) is 2.06. The van der Waals surface area contributed by atoms with Gasteiger partial charge in [0.2, 0.25) is 5.95 Å². The number of rotatable bonds is 4. The van der Waals surface area contributed by atoms with Gasteiger partial charge in [0.25, 0.3) is 0 Å². The molecule has 3 rings (SSSR count). The lowest BCUT2D eigenvalue weighted by molar-refractivity contribution is 0.613. The Balaban J connectivity index is 1.67. The fourth-order valence-electron chi connectivity index (χ4n) is 2.90. The average molecular weight is 376 g/mol. The third-order valence-corrected chi connectivity index (χ3v) is 5.07. The maximum absolute atomic E-state index is 4.54. The number of aromatic nitrogens is 3. The van der Waals surface area contributed by atoms with Crippen LogP contribution in [0.15, 0.2) is 28.9 Å². The summed E-state index contributed by atoms with van der Waals surface area (Å²) >= 11 is 3.51. The molecule has 5 nitrogen and oxygen atoms in total. The van der Waals surface area contributed by atoms with Crippen LogP contribution in [-0.2, 0) is 0 Å². The molecule has 23 heavy (non-hydrogen) atoms. The molecule has 1 aliphatic carbocycles. The standard InChI is InChI=1S/C17H22BrN5/c1-12-10-14(8-9-15(12)18)20-16-11-19-23-17(22-16)21-13-6-4-2-3-5-7-13/h8-11,13H,2-7H2,1H3,(H2,20,21,22,23). The maximum atomic E-state index is 4.54. The Labute approximate surface area is 145 Å². The molecule has 6 heteroatoms. The first-order valence-electron chi connectivity index (χ1n) is 8.20. The van der Waals surface area contributed by atoms with Crippen LogP contribution in [0.5, 0.6) is 0 Å². The number of hydrogen-bond acceptors (Lipinski definition) is 5. The highest BCUT2D eigenvalue weighted by atomic mass is 79.9. The van der Waals surface area contributed by atoms with E-state index in [1.165, 1.54) is 44.1 Å². The van der Waals surface area contributed by atoms with Gasteiger partial charge in [-0.1, -0.05) is 41.6 Å². The molecular weight excluding hydrogens is 354 g/mol. The smallest absolute Gasteiger partial charge is 0.244 e. The Morgan fingerprint density at radius 3 is 2.65 bits per heavy atom. The maximum Gasteiger partial charge on any atom is 0.244 e. The summed E-state index contributed by atoms with van der Waals surface area (Å²) in [5.41, 5.74) is 2.17. The molecule has 122 valence electrons. The molecule has 1 aromatic carbocycles. The van der Waals surface area contributed by atoms with E-state index in [0.717, 1.165) is 10.2 Å². The van der Waals surface area contributed by atoms with Crippen molar-refractivity contribution in [3.05, 3.63) is 34.4 Å². The molecule has 1 heterocycles. The van der Waals surface area contributed by atoms with Gasteiger partial charge >= 0.3 is 0 Å². The SMILES string of the molecule is Cc1cc(Nc2cnnc(NC3CCCCCC3)n2)ccc1Br. The van der Waals surface area contributed by atoms with E-state index in [0.29, 0.717) is 17.8 Å². The van der Waals surface area contributed by atoms with Crippen LogP contribution in [0.4, 0.5) is 17.5 Å². The normalized spacial score (nSPS) is 15.9. The topological polar surface area (TPSA) is 62.7 Å². The van der Waals surface area contributed by atoms with Crippen molar-refractivity contribution in [2.75, 3.05) is 10.6 Å². The summed E-state index contributed by atoms with van der Waals surface area (Å²) < 4.78 is 1.10. The Bertz CT molecular complexity index is 653. The van der Waals surface area contributed by atoms with E-state index < -0.39 is 0 Å². The van der Waals surface area contributed by atoms with Gasteiger partial charge in [-0.05, 0) is 43.5 Å². The molecule has 2 aromatic rings. The van der Waals surface area contributed by atoms with E-state index in [-0.39, 0.29) is 0 Å². The van der Waals surface area contributed by atoms with E-state index in [4.69, 9.17) is 0 Å². The third kappa shape index (κ3) is 4.64. The predicted octanol–water partition coefficient (Wildman–Crippen LogP) is 4.82. The van der Waals surface area contributed by atoms with Crippen LogP contribution in [0, 0.1) is 6.92 Å². The minimum absolute atomic E-state index is 0.462. The number of aryl methyl sites for hydroxylation is 1. The second kappa shape index (κ2) is 7.73. The van der Waals surface area contributed by atoms with Crippen LogP contribution < -0.4 is 10.6 Å². The first-order chi connectivity index (χ1) is 11.2. The zero-order chi connectivity index (χ0) is 16.1. The average Bonchev–Trinajstić information content (AvgIpc) is 2.80. The lowest BCUT2D eigenvalue weighted by Crippen LogP contribution is -2.20. The largest absolute Gasteiger partial charge is 0.350 e. The minimum atomic E-state index is 0.462. The van der Waals surface area contributed by atoms with Crippen LogP contribution in [0.1, 0.15) is 44.1 Å². The van der Waals surface area contributed by atoms with E-state index in [1.54, 1.807) is 6.20 Å². The van der Waals surface area contributed by atoms with Crippen LogP contribution in [0.3, 0.4) is 0 Å². The van der Waals surface area contributed by atoms with Crippen LogP contribution >= 0.6 is 15.9 Å². The molecule has 0 bridgehead atoms. The first-order valence-corrected chi connectivity index (χ1v) is 8.99. The molecule has 1 saturated carbocycles. The Hall–Kier alpha value is -1.69. The van der Waals surface area contributed by atoms with Crippen LogP contribution in [0.2, 0.25) is 0 Å². The fraction of sp³-hybridized carbons (Fsp3) is 0.471. The quantitative estimate of drug-likeness (QED) is 0.749. The van der Waals surface area contributed by atoms with Gasteiger partial charge in [-0.25, -0.2) is 0 Å². The lowest BCUT2D eigenvalue weighted by Gasteiger charge is -2.16. The molecule has 0 saturated heterocycles. The minimum Gasteiger partial charge on any atom is -0.350 e. The summed E-state index contributed by atoms with van der Waals surface area (Å²) in [5.74, 6) is 1.31. The highest BCUT2D eigenvalue weighted by Gasteiger charge is 2.13. The number of benzene rings is 1. The highest BCUT2D eigenvalue weighted by Crippen LogP contribution is 2.23. The summed E-state index contributed by atoms with van der Waals surface area (Å²) in [5, 5.41) is 14.9. The molecule has 0 amide bonds. The van der Waals surface area contributed by atoms with Crippen LogP contribution in [0.25, 0.3) is 0 Å². The first kappa shape index (κ1) is 16.2. The van der Waals surface area contributed by atoms with E-state index in [1.807, 2.05) is 12.1 Å². The van der Waals surface area contributed by atoms with Crippen molar-refractivity contribution >= 4 is 33.4 Å². The van der Waals surface area contributed by atoms with Crippen molar-refractivity contribution in [1.82, 2.24) is 15.2 Å². The number of halogens is 1. The molecule has 0 spiro atoms. The number of nitrogens with zero attached hydrogens (tertiary/aromatic N) is 3. The summed E-state index contributed by atoms with van der Waals surface area (Å²) in [4.78, 5) is 4.54. The molecule has 1 fully saturated rings. The number of hydrogen-bond donors (Lipinski definition) is 2. The molecule has 0 atom stereocenters. The van der Waals surface area contributed by atoms with Crippen molar-refractivity contribution < 1.29 is 0 Å². The van der Waals surface area contributed by atoms with Crippen LogP contribution in [-0.4, -0.2) is 21.2 Å². The van der Waals surface area contributed by atoms with Gasteiger partial charge in [-0.15, -0.1) is 5.10 Å². The predicted molar refractivity (Wildman–Crippen MR) is 97.1 cm³/mol. The zero-order valence-corrected chi connectivity index (χ0v) is 14.9. The Kier molecular flexibility index (Phi) is 5.43. The van der Waals surface area contributed by atoms with Crippen molar-refractivity contribution in [3.8, 4) is 0 Å². The van der Waals surface area contributed by atoms with Gasteiger partial charge < -0.3 is 10.6 Å². The van der Waals surface area contributed by atoms with Crippen molar-refractivity contribution in [2.24, 2.45) is 0 Å². The molecule has 0 unspecified atom stereocenters. The number of nitrogens with one attached hydrogen (secondary N) is 2. The summed E-state index contributed by atoms with van der Waals surface area (Å²) in [6.07, 6.45) is 9.25. The second-order valence-corrected chi connectivity index (χ2v) is 6.94. The van der Waals surface area contributed by atoms with Gasteiger partial charge in [-0.2, -0.15) is 10.1 Å². The zero-order valence-electron chi connectivity index (χ0n) is 13.3. The van der Waals surface area contributed by atoms with Gasteiger partial charge in [0.15, 0.2) is 5.82 Å². The Morgan fingerprint density at radius 2 is 1.91 bits per heavy atom. The molecule has 0 aliphatic heterocycles. The summed E-state index contributed by atoms with van der Waals surface area (Å²) in [6, 6.07) is 6.57. The van der Waals surface area contributed by atoms with E-state index >= 15 is 0 Å². The molecular formula is C17H22BrN5. The van der Waals surface area contributed by atoms with Gasteiger partial charge in [-0.3, -0.25) is 0 Å². The molecule has 0 radical (unpaired) electrons. The van der Waals surface area contributed by atoms with Crippen molar-refractivity contribution in [2.45, 2.75) is 51.5 Å². The van der Waals surface area contributed by atoms with Gasteiger partial charge in [0.1, 0.15) is 0 Å².